The van der Waals surface area contributed by atoms with Crippen LogP contribution in [-0.4, -0.2) is 14.8 Å². The maximum absolute atomic E-state index is 14.4. The second-order valence-corrected chi connectivity index (χ2v) is 6.04. The lowest BCUT2D eigenvalue weighted by atomic mass is 10.1. The van der Waals surface area contributed by atoms with Crippen LogP contribution in [0, 0.1) is 5.82 Å². The van der Waals surface area contributed by atoms with E-state index in [1.165, 1.54) is 10.7 Å². The van der Waals surface area contributed by atoms with Gasteiger partial charge in [-0.15, -0.1) is 0 Å². The Morgan fingerprint density at radius 2 is 1.67 bits per heavy atom. The van der Waals surface area contributed by atoms with Crippen LogP contribution < -0.4 is 11.0 Å². The molecule has 0 spiro atoms. The van der Waals surface area contributed by atoms with Crippen LogP contribution in [0.3, 0.4) is 0 Å². The van der Waals surface area contributed by atoms with Crippen LogP contribution in [0.4, 0.5) is 4.39 Å². The molecule has 2 N–H and O–H groups in total. The molecule has 0 aliphatic rings. The molecule has 0 aliphatic heterocycles. The highest BCUT2D eigenvalue weighted by Gasteiger charge is 2.15. The minimum absolute atomic E-state index is 0.110. The standard InChI is InChI=1S/C21H16FN3O2/c22-17-10-4-2-8-15(17)20-24-18-11-5-3-9-16(18)21(27)25(20)23-13-14-7-1-6-12-19(14)26/h1-12,23,26H,13H2. The highest BCUT2D eigenvalue weighted by atomic mass is 19.1. The lowest BCUT2D eigenvalue weighted by molar-refractivity contribution is 0.468. The van der Waals surface area contributed by atoms with Gasteiger partial charge in [-0.05, 0) is 30.3 Å². The minimum Gasteiger partial charge on any atom is -0.508 e. The molecule has 1 aromatic heterocycles. The van der Waals surface area contributed by atoms with Crippen LogP contribution in [0.2, 0.25) is 0 Å². The van der Waals surface area contributed by atoms with Gasteiger partial charge in [0, 0.05) is 5.56 Å². The van der Waals surface area contributed by atoms with Gasteiger partial charge < -0.3 is 10.5 Å². The molecule has 0 unspecified atom stereocenters. The third kappa shape index (κ3) is 3.13. The SMILES string of the molecule is O=c1c2ccccc2nc(-c2ccccc2F)n1NCc1ccccc1O. The highest BCUT2D eigenvalue weighted by molar-refractivity contribution is 5.79. The molecule has 6 heteroatoms. The number of phenolic OH excluding ortho intramolecular Hbond substituents is 1. The number of benzene rings is 3. The molecule has 0 saturated heterocycles. The third-order valence-corrected chi connectivity index (χ3v) is 4.31. The maximum atomic E-state index is 14.4. The fourth-order valence-electron chi connectivity index (χ4n) is 2.93. The highest BCUT2D eigenvalue weighted by Crippen LogP contribution is 2.22. The molecule has 0 saturated carbocycles. The Balaban J connectivity index is 1.88. The van der Waals surface area contributed by atoms with E-state index in [2.05, 4.69) is 10.4 Å². The van der Waals surface area contributed by atoms with Crippen LogP contribution in [0.15, 0.2) is 77.6 Å². The number of hydrogen-bond acceptors (Lipinski definition) is 4. The van der Waals surface area contributed by atoms with Crippen molar-refractivity contribution in [2.75, 3.05) is 5.43 Å². The zero-order valence-corrected chi connectivity index (χ0v) is 14.3. The molecule has 4 aromatic rings. The van der Waals surface area contributed by atoms with Crippen LogP contribution in [0.1, 0.15) is 5.56 Å². The maximum Gasteiger partial charge on any atom is 0.280 e. The van der Waals surface area contributed by atoms with E-state index in [4.69, 9.17) is 0 Å². The van der Waals surface area contributed by atoms with E-state index in [-0.39, 0.29) is 29.2 Å². The Morgan fingerprint density at radius 3 is 2.48 bits per heavy atom. The van der Waals surface area contributed by atoms with Gasteiger partial charge in [-0.1, -0.05) is 42.5 Å². The number of phenols is 1. The van der Waals surface area contributed by atoms with E-state index < -0.39 is 5.82 Å². The number of halogens is 1. The number of aromatic hydroxyl groups is 1. The third-order valence-electron chi connectivity index (χ3n) is 4.31. The number of hydrogen-bond donors (Lipinski definition) is 2. The number of nitrogens with one attached hydrogen (secondary N) is 1. The predicted octanol–water partition coefficient (Wildman–Crippen LogP) is 3.65. The van der Waals surface area contributed by atoms with Gasteiger partial charge in [-0.25, -0.2) is 14.1 Å². The summed E-state index contributed by atoms with van der Waals surface area (Å²) >= 11 is 0. The van der Waals surface area contributed by atoms with Crippen molar-refractivity contribution in [1.82, 2.24) is 9.66 Å². The summed E-state index contributed by atoms with van der Waals surface area (Å²) in [7, 11) is 0. The molecule has 1 heterocycles. The fraction of sp³-hybridized carbons (Fsp3) is 0.0476. The van der Waals surface area contributed by atoms with E-state index in [9.17, 15) is 14.3 Å². The van der Waals surface area contributed by atoms with Crippen LogP contribution >= 0.6 is 0 Å². The van der Waals surface area contributed by atoms with Crippen molar-refractivity contribution in [2.45, 2.75) is 6.54 Å². The molecular formula is C21H16FN3O2. The predicted molar refractivity (Wildman–Crippen MR) is 103 cm³/mol. The number of rotatable bonds is 4. The zero-order valence-electron chi connectivity index (χ0n) is 14.3. The number of nitrogens with zero attached hydrogens (tertiary/aromatic N) is 2. The Bertz CT molecular complexity index is 1190. The lowest BCUT2D eigenvalue weighted by Gasteiger charge is -2.16. The van der Waals surface area contributed by atoms with Gasteiger partial charge in [0.2, 0.25) is 0 Å². The van der Waals surface area contributed by atoms with Crippen molar-refractivity contribution in [1.29, 1.82) is 0 Å². The molecule has 4 rings (SSSR count). The van der Waals surface area contributed by atoms with Crippen molar-refractivity contribution in [2.24, 2.45) is 0 Å². The van der Waals surface area contributed by atoms with E-state index in [0.717, 1.165) is 0 Å². The lowest BCUT2D eigenvalue weighted by Crippen LogP contribution is -2.31. The van der Waals surface area contributed by atoms with Gasteiger partial charge in [0.25, 0.3) is 5.56 Å². The van der Waals surface area contributed by atoms with E-state index in [0.29, 0.717) is 16.5 Å². The molecule has 0 atom stereocenters. The summed E-state index contributed by atoms with van der Waals surface area (Å²) in [5.74, 6) is -0.191. The zero-order chi connectivity index (χ0) is 18.8. The van der Waals surface area contributed by atoms with Gasteiger partial charge >= 0.3 is 0 Å². The summed E-state index contributed by atoms with van der Waals surface area (Å²) in [6.07, 6.45) is 0. The number of aromatic nitrogens is 2. The molecule has 27 heavy (non-hydrogen) atoms. The Kier molecular flexibility index (Phi) is 4.30. The molecule has 3 aromatic carbocycles. The minimum atomic E-state index is -0.474. The van der Waals surface area contributed by atoms with Crippen molar-refractivity contribution >= 4 is 10.9 Å². The molecule has 5 nitrogen and oxygen atoms in total. The van der Waals surface area contributed by atoms with E-state index >= 15 is 0 Å². The molecule has 0 amide bonds. The van der Waals surface area contributed by atoms with Gasteiger partial charge in [0.1, 0.15) is 11.6 Å². The average molecular weight is 361 g/mol. The Hall–Kier alpha value is -3.67. The van der Waals surface area contributed by atoms with Gasteiger partial charge in [-0.2, -0.15) is 0 Å². The normalized spacial score (nSPS) is 10.9. The van der Waals surface area contributed by atoms with Crippen molar-refractivity contribution in [3.8, 4) is 17.1 Å². The van der Waals surface area contributed by atoms with Crippen LogP contribution in [0.25, 0.3) is 22.3 Å². The molecule has 0 aliphatic carbocycles. The van der Waals surface area contributed by atoms with Gasteiger partial charge in [0.05, 0.1) is 23.0 Å². The summed E-state index contributed by atoms with van der Waals surface area (Å²) < 4.78 is 15.6. The molecule has 0 bridgehead atoms. The van der Waals surface area contributed by atoms with Crippen LogP contribution in [-0.2, 0) is 6.54 Å². The first kappa shape index (κ1) is 16.8. The molecule has 0 radical (unpaired) electrons. The fourth-order valence-corrected chi connectivity index (χ4v) is 2.93. The quantitative estimate of drug-likeness (QED) is 0.582. The number of para-hydroxylation sites is 2. The summed E-state index contributed by atoms with van der Waals surface area (Å²) in [6, 6.07) is 19.9. The first-order valence-corrected chi connectivity index (χ1v) is 8.42. The molecule has 134 valence electrons. The summed E-state index contributed by atoms with van der Waals surface area (Å²) in [6.45, 7) is 0.175. The first-order valence-electron chi connectivity index (χ1n) is 8.42. The Labute approximate surface area is 154 Å². The molecule has 0 fully saturated rings. The van der Waals surface area contributed by atoms with Gasteiger partial charge in [0.15, 0.2) is 5.82 Å². The molecular weight excluding hydrogens is 345 g/mol. The first-order chi connectivity index (χ1) is 13.1. The summed E-state index contributed by atoms with van der Waals surface area (Å²) in [4.78, 5) is 17.5. The smallest absolute Gasteiger partial charge is 0.280 e. The largest absolute Gasteiger partial charge is 0.508 e. The van der Waals surface area contributed by atoms with Crippen molar-refractivity contribution in [3.05, 3.63) is 94.5 Å². The average Bonchev–Trinajstić information content (AvgIpc) is 2.69. The van der Waals surface area contributed by atoms with Crippen LogP contribution in [0.5, 0.6) is 5.75 Å². The van der Waals surface area contributed by atoms with Crippen molar-refractivity contribution in [3.63, 3.8) is 0 Å². The summed E-state index contributed by atoms with van der Waals surface area (Å²) in [5, 5.41) is 10.4. The second kappa shape index (κ2) is 6.92. The van der Waals surface area contributed by atoms with Gasteiger partial charge in [-0.3, -0.25) is 4.79 Å². The Morgan fingerprint density at radius 1 is 0.963 bits per heavy atom. The number of fused-ring (bicyclic) bond motifs is 1. The summed E-state index contributed by atoms with van der Waals surface area (Å²) in [5.41, 5.74) is 3.94. The van der Waals surface area contributed by atoms with E-state index in [1.54, 1.807) is 66.7 Å². The monoisotopic (exact) mass is 361 g/mol. The van der Waals surface area contributed by atoms with Crippen molar-refractivity contribution < 1.29 is 9.50 Å². The van der Waals surface area contributed by atoms with E-state index in [1.807, 2.05) is 0 Å². The topological polar surface area (TPSA) is 67.2 Å². The second-order valence-electron chi connectivity index (χ2n) is 6.04.